The Kier molecular flexibility index (Phi) is 3.72. The third-order valence-electron chi connectivity index (χ3n) is 3.97. The van der Waals surface area contributed by atoms with Gasteiger partial charge in [-0.2, -0.15) is 5.10 Å². The van der Waals surface area contributed by atoms with Crippen LogP contribution in [0.15, 0.2) is 30.5 Å². The van der Waals surface area contributed by atoms with E-state index < -0.39 is 0 Å². The fourth-order valence-electron chi connectivity index (χ4n) is 2.88. The first-order valence-electron chi connectivity index (χ1n) is 7.53. The highest BCUT2D eigenvalue weighted by atomic mass is 16.5. The second-order valence-corrected chi connectivity index (χ2v) is 6.63. The van der Waals surface area contributed by atoms with Crippen molar-refractivity contribution in [2.24, 2.45) is 0 Å². The first-order valence-corrected chi connectivity index (χ1v) is 7.53. The molecule has 1 aromatic carbocycles. The number of benzene rings is 1. The molecule has 2 heterocycles. The Morgan fingerprint density at radius 3 is 2.95 bits per heavy atom. The number of hydrogen-bond donors (Lipinski definition) is 2. The first-order chi connectivity index (χ1) is 10.1. The monoisotopic (exact) mass is 285 g/mol. The maximum atomic E-state index is 5.71. The van der Waals surface area contributed by atoms with Gasteiger partial charge in [0.2, 0.25) is 0 Å². The number of nitrogens with one attached hydrogen (secondary N) is 2. The van der Waals surface area contributed by atoms with E-state index in [0.29, 0.717) is 6.04 Å². The van der Waals surface area contributed by atoms with Gasteiger partial charge in [-0.15, -0.1) is 0 Å². The summed E-state index contributed by atoms with van der Waals surface area (Å²) in [7, 11) is 0. The van der Waals surface area contributed by atoms with E-state index in [1.54, 1.807) is 0 Å². The van der Waals surface area contributed by atoms with Crippen molar-refractivity contribution < 1.29 is 4.74 Å². The second kappa shape index (κ2) is 5.53. The second-order valence-electron chi connectivity index (χ2n) is 6.63. The highest BCUT2D eigenvalue weighted by molar-refractivity contribution is 5.37. The molecule has 21 heavy (non-hydrogen) atoms. The molecule has 0 saturated carbocycles. The maximum absolute atomic E-state index is 5.71. The van der Waals surface area contributed by atoms with E-state index in [9.17, 15) is 0 Å². The van der Waals surface area contributed by atoms with Gasteiger partial charge in [0.25, 0.3) is 0 Å². The number of ether oxygens (including phenoxy) is 1. The van der Waals surface area contributed by atoms with Crippen LogP contribution in [-0.4, -0.2) is 16.8 Å². The lowest BCUT2D eigenvalue weighted by Gasteiger charge is -2.27. The van der Waals surface area contributed by atoms with E-state index >= 15 is 0 Å². The zero-order valence-corrected chi connectivity index (χ0v) is 12.9. The molecule has 0 unspecified atom stereocenters. The normalized spacial score (nSPS) is 18.1. The Morgan fingerprint density at radius 1 is 1.33 bits per heavy atom. The fourth-order valence-corrected chi connectivity index (χ4v) is 2.88. The zero-order valence-electron chi connectivity index (χ0n) is 12.9. The zero-order chi connectivity index (χ0) is 14.9. The molecule has 0 bridgehead atoms. The predicted octanol–water partition coefficient (Wildman–Crippen LogP) is 3.32. The molecule has 3 rings (SSSR count). The molecule has 0 fully saturated rings. The Balaban J connectivity index is 1.74. The van der Waals surface area contributed by atoms with E-state index in [1.165, 1.54) is 16.8 Å². The van der Waals surface area contributed by atoms with E-state index in [1.807, 2.05) is 18.3 Å². The number of aromatic amines is 1. The van der Waals surface area contributed by atoms with Gasteiger partial charge >= 0.3 is 0 Å². The molecular formula is C17H23N3O. The van der Waals surface area contributed by atoms with Crippen LogP contribution < -0.4 is 10.1 Å². The number of para-hydroxylation sites is 1. The summed E-state index contributed by atoms with van der Waals surface area (Å²) in [5, 5.41) is 11.0. The van der Waals surface area contributed by atoms with Crippen LogP contribution in [0.1, 0.15) is 50.1 Å². The molecule has 112 valence electrons. The van der Waals surface area contributed by atoms with Gasteiger partial charge in [-0.3, -0.25) is 5.10 Å². The molecule has 0 saturated heterocycles. The Morgan fingerprint density at radius 2 is 2.14 bits per heavy atom. The van der Waals surface area contributed by atoms with Crippen molar-refractivity contribution in [3.8, 4) is 5.75 Å². The van der Waals surface area contributed by atoms with Crippen LogP contribution in [0, 0.1) is 0 Å². The Labute approximate surface area is 125 Å². The summed E-state index contributed by atoms with van der Waals surface area (Å²) in [4.78, 5) is 0. The largest absolute Gasteiger partial charge is 0.493 e. The van der Waals surface area contributed by atoms with Crippen LogP contribution in [0.2, 0.25) is 0 Å². The van der Waals surface area contributed by atoms with Gasteiger partial charge < -0.3 is 10.1 Å². The molecule has 1 aromatic heterocycles. The number of H-pyrrole nitrogens is 1. The maximum Gasteiger partial charge on any atom is 0.124 e. The molecule has 1 aliphatic heterocycles. The highest BCUT2D eigenvalue weighted by Crippen LogP contribution is 2.32. The van der Waals surface area contributed by atoms with Crippen LogP contribution >= 0.6 is 0 Å². The summed E-state index contributed by atoms with van der Waals surface area (Å²) in [6.45, 7) is 8.20. The van der Waals surface area contributed by atoms with Crippen LogP contribution in [0.5, 0.6) is 5.75 Å². The molecule has 0 spiro atoms. The van der Waals surface area contributed by atoms with Crippen molar-refractivity contribution >= 4 is 0 Å². The van der Waals surface area contributed by atoms with Crippen LogP contribution in [0.4, 0.5) is 0 Å². The minimum atomic E-state index is 0.0844. The smallest absolute Gasteiger partial charge is 0.124 e. The first kappa shape index (κ1) is 14.1. The molecule has 2 aromatic rings. The van der Waals surface area contributed by atoms with Crippen molar-refractivity contribution in [1.29, 1.82) is 0 Å². The number of rotatable bonds is 3. The van der Waals surface area contributed by atoms with Crippen LogP contribution in [0.25, 0.3) is 0 Å². The summed E-state index contributed by atoms with van der Waals surface area (Å²) in [6.07, 6.45) is 2.93. The molecule has 4 nitrogen and oxygen atoms in total. The summed E-state index contributed by atoms with van der Waals surface area (Å²) in [5.74, 6) is 1.00. The lowest BCUT2D eigenvalue weighted by atomic mass is 9.89. The summed E-state index contributed by atoms with van der Waals surface area (Å²) in [6, 6.07) is 8.63. The van der Waals surface area contributed by atoms with Gasteiger partial charge in [0, 0.05) is 41.2 Å². The summed E-state index contributed by atoms with van der Waals surface area (Å²) >= 11 is 0. The lowest BCUT2D eigenvalue weighted by molar-refractivity contribution is 0.252. The molecule has 0 radical (unpaired) electrons. The highest BCUT2D eigenvalue weighted by Gasteiger charge is 2.23. The van der Waals surface area contributed by atoms with E-state index in [-0.39, 0.29) is 5.41 Å². The number of fused-ring (bicyclic) bond motifs is 1. The van der Waals surface area contributed by atoms with Gasteiger partial charge in [-0.1, -0.05) is 39.0 Å². The average Bonchev–Trinajstić information content (AvgIpc) is 2.93. The van der Waals surface area contributed by atoms with Crippen molar-refractivity contribution in [1.82, 2.24) is 15.5 Å². The Hall–Kier alpha value is -1.81. The molecule has 4 heteroatoms. The number of hydrogen-bond acceptors (Lipinski definition) is 3. The molecular weight excluding hydrogens is 262 g/mol. The quantitative estimate of drug-likeness (QED) is 0.909. The molecule has 2 N–H and O–H groups in total. The van der Waals surface area contributed by atoms with E-state index in [0.717, 1.165) is 25.3 Å². The molecule has 0 amide bonds. The van der Waals surface area contributed by atoms with Crippen molar-refractivity contribution in [2.75, 3.05) is 6.61 Å². The minimum Gasteiger partial charge on any atom is -0.493 e. The van der Waals surface area contributed by atoms with Crippen LogP contribution in [-0.2, 0) is 12.0 Å². The average molecular weight is 285 g/mol. The molecule has 1 atom stereocenters. The topological polar surface area (TPSA) is 49.9 Å². The minimum absolute atomic E-state index is 0.0844. The van der Waals surface area contributed by atoms with E-state index in [2.05, 4.69) is 48.4 Å². The summed E-state index contributed by atoms with van der Waals surface area (Å²) in [5.41, 5.74) is 3.78. The van der Waals surface area contributed by atoms with Gasteiger partial charge in [-0.25, -0.2) is 0 Å². The van der Waals surface area contributed by atoms with Crippen LogP contribution in [0.3, 0.4) is 0 Å². The van der Waals surface area contributed by atoms with E-state index in [4.69, 9.17) is 4.74 Å². The number of nitrogens with zero attached hydrogens (tertiary/aromatic N) is 1. The summed E-state index contributed by atoms with van der Waals surface area (Å²) < 4.78 is 5.71. The number of aromatic nitrogens is 2. The third kappa shape index (κ3) is 2.95. The third-order valence-corrected chi connectivity index (χ3v) is 3.97. The van der Waals surface area contributed by atoms with Crippen molar-refractivity contribution in [3.63, 3.8) is 0 Å². The van der Waals surface area contributed by atoms with Gasteiger partial charge in [0.1, 0.15) is 5.75 Å². The Bertz CT molecular complexity index is 612. The predicted molar refractivity (Wildman–Crippen MR) is 83.4 cm³/mol. The van der Waals surface area contributed by atoms with Crippen molar-refractivity contribution in [2.45, 2.75) is 45.2 Å². The van der Waals surface area contributed by atoms with Crippen molar-refractivity contribution in [3.05, 3.63) is 47.3 Å². The molecule has 1 aliphatic rings. The fraction of sp³-hybridized carbons (Fsp3) is 0.471. The molecule has 0 aliphatic carbocycles. The van der Waals surface area contributed by atoms with Gasteiger partial charge in [0.05, 0.1) is 12.8 Å². The SMILES string of the molecule is CC(C)(C)c1[nH]ncc1CN[C@@H]1CCOc2ccccc21. The standard InChI is InChI=1S/C17H23N3O/c1-17(2,3)16-12(11-19-20-16)10-18-14-8-9-21-15-7-5-4-6-13(14)15/h4-7,11,14,18H,8-10H2,1-3H3,(H,19,20)/t14-/m1/s1. The van der Waals surface area contributed by atoms with Gasteiger partial charge in [0.15, 0.2) is 0 Å². The van der Waals surface area contributed by atoms with Gasteiger partial charge in [-0.05, 0) is 6.07 Å². The lowest BCUT2D eigenvalue weighted by Crippen LogP contribution is -2.27.